The van der Waals surface area contributed by atoms with Crippen LogP contribution in [0.1, 0.15) is 153 Å². The van der Waals surface area contributed by atoms with E-state index in [9.17, 15) is 25.9 Å². The van der Waals surface area contributed by atoms with Crippen LogP contribution in [0, 0.1) is 0 Å². The Hall–Kier alpha value is 0.0600. The minimum Gasteiger partial charge on any atom is -0.744 e. The monoisotopic (exact) mass is 710 g/mol. The molecule has 11 heteroatoms. The fourth-order valence-corrected chi connectivity index (χ4v) is 7.81. The molecule has 0 saturated carbocycles. The molecule has 2 aromatic carbocycles. The standard InChI is InChI=1S/C36H58O7S2.2Na/c1-3-5-7-9-11-13-15-17-19-21-25-31-26-23-28-33(32(31)27-22-20-18-16-14-12-10-8-6-4-2)43-34-29-24-30-35(44(37,38)39)36(34)45(40,41)42;;/h23-24,26,28-30H,3-22,25,27H2,1-2H3,(H,37,38,39)(H,40,41,42);;/q;2*+1/p-2. The maximum atomic E-state index is 12.1. The second kappa shape index (κ2) is 26.8. The number of aryl methyl sites for hydroxylation is 1. The summed E-state index contributed by atoms with van der Waals surface area (Å²) >= 11 is 0. The van der Waals surface area contributed by atoms with E-state index in [2.05, 4.69) is 19.9 Å². The summed E-state index contributed by atoms with van der Waals surface area (Å²) in [7, 11) is -10.5. The summed E-state index contributed by atoms with van der Waals surface area (Å²) in [4.78, 5) is -2.22. The van der Waals surface area contributed by atoms with E-state index in [0.717, 1.165) is 62.1 Å². The molecule has 0 radical (unpaired) electrons. The largest absolute Gasteiger partial charge is 1.00 e. The minimum absolute atomic E-state index is 0. The van der Waals surface area contributed by atoms with E-state index in [0.29, 0.717) is 5.75 Å². The van der Waals surface area contributed by atoms with Crippen molar-refractivity contribution >= 4 is 20.2 Å². The predicted octanol–water partition coefficient (Wildman–Crippen LogP) is 4.22. The zero-order valence-electron chi connectivity index (χ0n) is 29.7. The molecule has 0 heterocycles. The Bertz CT molecular complexity index is 1330. The van der Waals surface area contributed by atoms with E-state index in [4.69, 9.17) is 4.74 Å². The van der Waals surface area contributed by atoms with Gasteiger partial charge >= 0.3 is 59.1 Å². The van der Waals surface area contributed by atoms with Crippen LogP contribution in [0.25, 0.3) is 0 Å². The second-order valence-corrected chi connectivity index (χ2v) is 15.0. The molecule has 0 aromatic heterocycles. The molecule has 0 bridgehead atoms. The van der Waals surface area contributed by atoms with Crippen molar-refractivity contribution in [3.63, 3.8) is 0 Å². The maximum absolute atomic E-state index is 12.1. The number of hydrogen-bond acceptors (Lipinski definition) is 7. The van der Waals surface area contributed by atoms with Crippen molar-refractivity contribution in [2.45, 2.75) is 165 Å². The van der Waals surface area contributed by atoms with Crippen molar-refractivity contribution in [2.75, 3.05) is 0 Å². The Labute approximate surface area is 330 Å². The molecule has 0 aliphatic heterocycles. The van der Waals surface area contributed by atoms with Crippen LogP contribution in [0.2, 0.25) is 0 Å². The maximum Gasteiger partial charge on any atom is 1.00 e. The summed E-state index contributed by atoms with van der Waals surface area (Å²) < 4.78 is 77.7. The van der Waals surface area contributed by atoms with Crippen molar-refractivity contribution < 1.29 is 89.8 Å². The first kappa shape index (κ1) is 47.1. The van der Waals surface area contributed by atoms with Gasteiger partial charge in [0, 0.05) is 0 Å². The van der Waals surface area contributed by atoms with Crippen molar-refractivity contribution in [3.05, 3.63) is 47.5 Å². The summed E-state index contributed by atoms with van der Waals surface area (Å²) in [6.07, 6.45) is 26.0. The van der Waals surface area contributed by atoms with E-state index < -0.39 is 35.8 Å². The molecule has 0 unspecified atom stereocenters. The Balaban J connectivity index is 0.0000106. The number of rotatable bonds is 26. The van der Waals surface area contributed by atoms with Crippen LogP contribution in [0.5, 0.6) is 11.5 Å². The topological polar surface area (TPSA) is 124 Å². The number of unbranched alkanes of at least 4 members (excludes halogenated alkanes) is 18. The van der Waals surface area contributed by atoms with Gasteiger partial charge in [-0.1, -0.05) is 148 Å². The molecule has 0 aliphatic rings. The molecule has 256 valence electrons. The first-order chi connectivity index (χ1) is 21.6. The van der Waals surface area contributed by atoms with Gasteiger partial charge in [0.2, 0.25) is 0 Å². The fraction of sp³-hybridized carbons (Fsp3) is 0.667. The van der Waals surface area contributed by atoms with Gasteiger partial charge in [-0.2, -0.15) is 0 Å². The molecule has 0 amide bonds. The summed E-state index contributed by atoms with van der Waals surface area (Å²) in [5.41, 5.74) is 2.06. The first-order valence-corrected chi connectivity index (χ1v) is 20.2. The number of benzene rings is 2. The van der Waals surface area contributed by atoms with Gasteiger partial charge < -0.3 is 13.8 Å². The molecule has 0 fully saturated rings. The van der Waals surface area contributed by atoms with Gasteiger partial charge in [0.1, 0.15) is 36.6 Å². The molecule has 0 spiro atoms. The quantitative estimate of drug-likeness (QED) is 0.0814. The molecule has 0 N–H and O–H groups in total. The molecular weight excluding hydrogens is 655 g/mol. The third kappa shape index (κ3) is 19.3. The fourth-order valence-electron chi connectivity index (χ4n) is 5.95. The summed E-state index contributed by atoms with van der Waals surface area (Å²) in [6, 6.07) is 8.88. The number of ether oxygens (including phenoxy) is 1. The van der Waals surface area contributed by atoms with E-state index in [-0.39, 0.29) is 59.1 Å². The van der Waals surface area contributed by atoms with Crippen LogP contribution < -0.4 is 63.9 Å². The Kier molecular flexibility index (Phi) is 26.8. The van der Waals surface area contributed by atoms with Gasteiger partial charge in [0.25, 0.3) is 0 Å². The molecule has 47 heavy (non-hydrogen) atoms. The predicted molar refractivity (Wildman–Crippen MR) is 180 cm³/mol. The third-order valence-electron chi connectivity index (χ3n) is 8.49. The van der Waals surface area contributed by atoms with E-state index in [1.54, 1.807) is 6.07 Å². The Morgan fingerprint density at radius 2 is 0.915 bits per heavy atom. The molecule has 0 atom stereocenters. The van der Waals surface area contributed by atoms with Crippen LogP contribution in [0.15, 0.2) is 46.2 Å². The van der Waals surface area contributed by atoms with Gasteiger partial charge in [0.05, 0.1) is 4.90 Å². The smallest absolute Gasteiger partial charge is 0.744 e. The van der Waals surface area contributed by atoms with Crippen molar-refractivity contribution in [1.29, 1.82) is 0 Å². The van der Waals surface area contributed by atoms with Crippen molar-refractivity contribution in [3.8, 4) is 11.5 Å². The van der Waals surface area contributed by atoms with Crippen LogP contribution in [0.4, 0.5) is 0 Å². The van der Waals surface area contributed by atoms with Crippen LogP contribution in [-0.4, -0.2) is 25.9 Å². The molecule has 0 aliphatic carbocycles. The normalized spacial score (nSPS) is 11.6. The number of hydrogen-bond donors (Lipinski definition) is 0. The van der Waals surface area contributed by atoms with Gasteiger partial charge in [0.15, 0.2) is 0 Å². The van der Waals surface area contributed by atoms with Crippen molar-refractivity contribution in [1.82, 2.24) is 0 Å². The van der Waals surface area contributed by atoms with E-state index in [1.165, 1.54) is 108 Å². The SMILES string of the molecule is CCCCCCCCCCCCc1cccc(Oc2cccc(S(=O)(=O)[O-])c2S(=O)(=O)[O-])c1CCCCCCCCCCCC.[Na+].[Na+]. The zero-order chi connectivity index (χ0) is 33.0. The van der Waals surface area contributed by atoms with E-state index >= 15 is 0 Å². The van der Waals surface area contributed by atoms with Gasteiger partial charge in [-0.05, 0) is 55.0 Å². The molecule has 2 rings (SSSR count). The first-order valence-electron chi connectivity index (χ1n) is 17.4. The third-order valence-corrected chi connectivity index (χ3v) is 10.4. The van der Waals surface area contributed by atoms with Gasteiger partial charge in [-0.25, -0.2) is 16.8 Å². The molecule has 0 saturated heterocycles. The van der Waals surface area contributed by atoms with Crippen LogP contribution in [-0.2, 0) is 33.1 Å². The second-order valence-electron chi connectivity index (χ2n) is 12.4. The summed E-state index contributed by atoms with van der Waals surface area (Å²) in [5.74, 6) is -0.0526. The van der Waals surface area contributed by atoms with E-state index in [1.807, 2.05) is 6.07 Å². The summed E-state index contributed by atoms with van der Waals surface area (Å²) in [6.45, 7) is 4.46. The Morgan fingerprint density at radius 3 is 1.36 bits per heavy atom. The van der Waals surface area contributed by atoms with Crippen LogP contribution in [0.3, 0.4) is 0 Å². The zero-order valence-corrected chi connectivity index (χ0v) is 35.3. The summed E-state index contributed by atoms with van der Waals surface area (Å²) in [5, 5.41) is 0. The average Bonchev–Trinajstić information content (AvgIpc) is 2.99. The van der Waals surface area contributed by atoms with Gasteiger partial charge in [-0.15, -0.1) is 0 Å². The molecular formula is C36H56Na2O7S2. The minimum atomic E-state index is -5.31. The van der Waals surface area contributed by atoms with Crippen molar-refractivity contribution in [2.24, 2.45) is 0 Å². The molecule has 2 aromatic rings. The average molecular weight is 711 g/mol. The Morgan fingerprint density at radius 1 is 0.511 bits per heavy atom. The van der Waals surface area contributed by atoms with Crippen LogP contribution >= 0.6 is 0 Å². The van der Waals surface area contributed by atoms with Gasteiger partial charge in [-0.3, -0.25) is 0 Å². The molecule has 7 nitrogen and oxygen atoms in total.